The number of esters is 1. The van der Waals surface area contributed by atoms with Crippen LogP contribution in [-0.2, 0) is 14.3 Å². The van der Waals surface area contributed by atoms with E-state index in [2.05, 4.69) is 20.6 Å². The lowest BCUT2D eigenvalue weighted by molar-refractivity contribution is -0.152. The fraction of sp³-hybridized carbons (Fsp3) is 0.333. The van der Waals surface area contributed by atoms with Crippen molar-refractivity contribution >= 4 is 23.5 Å². The molecule has 1 aromatic heterocycles. The minimum absolute atomic E-state index is 0.0678. The summed E-state index contributed by atoms with van der Waals surface area (Å²) in [7, 11) is 3.01. The molecule has 2 rings (SSSR count). The van der Waals surface area contributed by atoms with E-state index in [0.717, 1.165) is 0 Å². The molecule has 1 unspecified atom stereocenters. The van der Waals surface area contributed by atoms with Gasteiger partial charge in [0.1, 0.15) is 11.5 Å². The van der Waals surface area contributed by atoms with Crippen molar-refractivity contribution in [2.75, 3.05) is 31.4 Å². The third-order valence-corrected chi connectivity index (χ3v) is 3.52. The van der Waals surface area contributed by atoms with E-state index in [1.807, 2.05) is 0 Å². The molecule has 2 N–H and O–H groups in total. The van der Waals surface area contributed by atoms with Gasteiger partial charge in [0, 0.05) is 25.0 Å². The summed E-state index contributed by atoms with van der Waals surface area (Å²) in [6.45, 7) is 1.79. The summed E-state index contributed by atoms with van der Waals surface area (Å²) in [5.41, 5.74) is 0.424. The molecule has 2 aromatic rings. The van der Waals surface area contributed by atoms with E-state index < -0.39 is 18.0 Å². The summed E-state index contributed by atoms with van der Waals surface area (Å²) in [6, 6.07) is 6.69. The minimum Gasteiger partial charge on any atom is -0.497 e. The lowest BCUT2D eigenvalue weighted by atomic mass is 10.2. The second-order valence-corrected chi connectivity index (χ2v) is 5.44. The molecule has 1 amide bonds. The van der Waals surface area contributed by atoms with Crippen LogP contribution >= 0.6 is 0 Å². The summed E-state index contributed by atoms with van der Waals surface area (Å²) in [5, 5.41) is 5.56. The maximum atomic E-state index is 12.3. The van der Waals surface area contributed by atoms with Crippen LogP contribution in [0.15, 0.2) is 36.7 Å². The molecule has 0 aliphatic rings. The van der Waals surface area contributed by atoms with Gasteiger partial charge < -0.3 is 24.8 Å². The van der Waals surface area contributed by atoms with Crippen LogP contribution in [0, 0.1) is 0 Å². The number of benzene rings is 1. The van der Waals surface area contributed by atoms with Crippen molar-refractivity contribution in [1.29, 1.82) is 0 Å². The quantitative estimate of drug-likeness (QED) is 0.640. The predicted octanol–water partition coefficient (Wildman–Crippen LogP) is 1.87. The monoisotopic (exact) mass is 374 g/mol. The molecule has 9 heteroatoms. The van der Waals surface area contributed by atoms with Crippen molar-refractivity contribution in [1.82, 2.24) is 9.97 Å². The van der Waals surface area contributed by atoms with Crippen molar-refractivity contribution < 1.29 is 23.8 Å². The number of carbonyl (C=O) groups excluding carboxylic acids is 2. The molecule has 0 spiro atoms. The molecule has 0 aliphatic carbocycles. The zero-order chi connectivity index (χ0) is 19.6. The van der Waals surface area contributed by atoms with Gasteiger partial charge in [-0.3, -0.25) is 9.59 Å². The maximum absolute atomic E-state index is 12.3. The minimum atomic E-state index is -0.971. The Morgan fingerprint density at radius 3 is 2.56 bits per heavy atom. The standard InChI is InChI=1S/C18H22N4O5/c1-12(27-16(23)7-10-21-18-19-8-4-9-20-18)17(24)22-14-11-13(25-2)5-6-15(14)26-3/h4-6,8-9,11-12H,7,10H2,1-3H3,(H,22,24)(H,19,20,21). The predicted molar refractivity (Wildman–Crippen MR) is 98.9 cm³/mol. The molecule has 27 heavy (non-hydrogen) atoms. The van der Waals surface area contributed by atoms with Gasteiger partial charge in [-0.15, -0.1) is 0 Å². The van der Waals surface area contributed by atoms with Crippen molar-refractivity contribution in [2.24, 2.45) is 0 Å². The molecule has 9 nitrogen and oxygen atoms in total. The average molecular weight is 374 g/mol. The van der Waals surface area contributed by atoms with Gasteiger partial charge in [0.25, 0.3) is 5.91 Å². The van der Waals surface area contributed by atoms with Gasteiger partial charge >= 0.3 is 5.97 Å². The highest BCUT2D eigenvalue weighted by molar-refractivity contribution is 5.96. The number of nitrogens with one attached hydrogen (secondary N) is 2. The Kier molecular flexibility index (Phi) is 7.36. The highest BCUT2D eigenvalue weighted by atomic mass is 16.5. The van der Waals surface area contributed by atoms with E-state index in [0.29, 0.717) is 29.7 Å². The number of carbonyl (C=O) groups is 2. The number of amides is 1. The zero-order valence-electron chi connectivity index (χ0n) is 15.4. The van der Waals surface area contributed by atoms with E-state index in [9.17, 15) is 9.59 Å². The third kappa shape index (κ3) is 6.14. The molecule has 0 aliphatic heterocycles. The van der Waals surface area contributed by atoms with Crippen molar-refractivity contribution in [3.05, 3.63) is 36.7 Å². The van der Waals surface area contributed by atoms with E-state index >= 15 is 0 Å². The van der Waals surface area contributed by atoms with Gasteiger partial charge in [-0.1, -0.05) is 0 Å². The Hall–Kier alpha value is -3.36. The fourth-order valence-electron chi connectivity index (χ4n) is 2.12. The summed E-state index contributed by atoms with van der Waals surface area (Å²) in [6.07, 6.45) is 2.28. The Balaban J connectivity index is 1.83. The molecular weight excluding hydrogens is 352 g/mol. The Labute approximate surface area is 157 Å². The highest BCUT2D eigenvalue weighted by Crippen LogP contribution is 2.29. The molecular formula is C18H22N4O5. The zero-order valence-corrected chi connectivity index (χ0v) is 15.4. The molecule has 144 valence electrons. The number of nitrogens with zero attached hydrogens (tertiary/aromatic N) is 2. The Morgan fingerprint density at radius 1 is 1.15 bits per heavy atom. The summed E-state index contributed by atoms with van der Waals surface area (Å²) in [4.78, 5) is 32.1. The number of hydrogen-bond donors (Lipinski definition) is 2. The van der Waals surface area contributed by atoms with Crippen LogP contribution in [0.1, 0.15) is 13.3 Å². The first-order valence-corrected chi connectivity index (χ1v) is 8.26. The first kappa shape index (κ1) is 20.0. The largest absolute Gasteiger partial charge is 0.497 e. The summed E-state index contributed by atoms with van der Waals surface area (Å²) < 4.78 is 15.5. The smallest absolute Gasteiger partial charge is 0.308 e. The number of aromatic nitrogens is 2. The van der Waals surface area contributed by atoms with Gasteiger partial charge in [-0.25, -0.2) is 9.97 Å². The topological polar surface area (TPSA) is 112 Å². The van der Waals surface area contributed by atoms with E-state index in [1.54, 1.807) is 36.7 Å². The van der Waals surface area contributed by atoms with Gasteiger partial charge in [0.15, 0.2) is 6.10 Å². The number of rotatable bonds is 9. The molecule has 0 bridgehead atoms. The number of anilines is 2. The number of methoxy groups -OCH3 is 2. The second kappa shape index (κ2) is 9.95. The molecule has 1 atom stereocenters. The fourth-order valence-corrected chi connectivity index (χ4v) is 2.12. The molecule has 0 radical (unpaired) electrons. The Bertz CT molecular complexity index is 770. The molecule has 1 aromatic carbocycles. The lowest BCUT2D eigenvalue weighted by Gasteiger charge is -2.16. The second-order valence-electron chi connectivity index (χ2n) is 5.44. The van der Waals surface area contributed by atoms with E-state index in [1.165, 1.54) is 21.1 Å². The SMILES string of the molecule is COc1ccc(OC)c(NC(=O)C(C)OC(=O)CCNc2ncccn2)c1. The maximum Gasteiger partial charge on any atom is 0.308 e. The highest BCUT2D eigenvalue weighted by Gasteiger charge is 2.19. The molecule has 0 fully saturated rings. The van der Waals surface area contributed by atoms with Gasteiger partial charge in [0.2, 0.25) is 5.95 Å². The van der Waals surface area contributed by atoms with Crippen LogP contribution in [0.25, 0.3) is 0 Å². The summed E-state index contributed by atoms with van der Waals surface area (Å²) >= 11 is 0. The first-order valence-electron chi connectivity index (χ1n) is 8.26. The first-order chi connectivity index (χ1) is 13.0. The van der Waals surface area contributed by atoms with Crippen molar-refractivity contribution in [2.45, 2.75) is 19.4 Å². The molecule has 0 saturated heterocycles. The van der Waals surface area contributed by atoms with Crippen LogP contribution in [-0.4, -0.2) is 48.7 Å². The average Bonchev–Trinajstić information content (AvgIpc) is 2.68. The van der Waals surface area contributed by atoms with Crippen LogP contribution in [0.5, 0.6) is 11.5 Å². The summed E-state index contributed by atoms with van der Waals surface area (Å²) in [5.74, 6) is 0.453. The van der Waals surface area contributed by atoms with E-state index in [-0.39, 0.29) is 6.42 Å². The molecule has 0 saturated carbocycles. The van der Waals surface area contributed by atoms with Crippen molar-refractivity contribution in [3.8, 4) is 11.5 Å². The third-order valence-electron chi connectivity index (χ3n) is 3.52. The van der Waals surface area contributed by atoms with Crippen LogP contribution in [0.4, 0.5) is 11.6 Å². The lowest BCUT2D eigenvalue weighted by Crippen LogP contribution is -2.30. The van der Waals surface area contributed by atoms with Crippen LogP contribution in [0.3, 0.4) is 0 Å². The van der Waals surface area contributed by atoms with Gasteiger partial charge in [-0.2, -0.15) is 0 Å². The van der Waals surface area contributed by atoms with Crippen molar-refractivity contribution in [3.63, 3.8) is 0 Å². The number of hydrogen-bond acceptors (Lipinski definition) is 8. The Morgan fingerprint density at radius 2 is 1.89 bits per heavy atom. The van der Waals surface area contributed by atoms with Gasteiger partial charge in [0.05, 0.1) is 26.3 Å². The van der Waals surface area contributed by atoms with E-state index in [4.69, 9.17) is 14.2 Å². The van der Waals surface area contributed by atoms with Gasteiger partial charge in [-0.05, 0) is 25.1 Å². The van der Waals surface area contributed by atoms with Crippen LogP contribution < -0.4 is 20.1 Å². The normalized spacial score (nSPS) is 11.2. The molecule has 1 heterocycles. The number of ether oxygens (including phenoxy) is 3. The van der Waals surface area contributed by atoms with Crippen LogP contribution in [0.2, 0.25) is 0 Å².